The maximum absolute atomic E-state index is 13.0. The number of carbonyl (C=O) groups is 2. The van der Waals surface area contributed by atoms with Gasteiger partial charge in [-0.2, -0.15) is 5.10 Å². The quantitative estimate of drug-likeness (QED) is 0.177. The number of nitrogens with zero attached hydrogens (tertiary/aromatic N) is 3. The number of ether oxygens (including phenoxy) is 1. The van der Waals surface area contributed by atoms with Crippen molar-refractivity contribution in [3.8, 4) is 11.4 Å². The van der Waals surface area contributed by atoms with Crippen LogP contribution in [0.2, 0.25) is 0 Å². The SMILES string of the molecule is CC(=O)Nc1cc(COc2ccc(NC(=O)Nc3cc(I)nn3-c3ccc(C)cc3)c3ccccc23)ccn1. The van der Waals surface area contributed by atoms with Gasteiger partial charge in [0.2, 0.25) is 5.91 Å². The number of anilines is 3. The molecule has 3 N–H and O–H groups in total. The van der Waals surface area contributed by atoms with Gasteiger partial charge >= 0.3 is 6.03 Å². The van der Waals surface area contributed by atoms with E-state index in [4.69, 9.17) is 4.74 Å². The summed E-state index contributed by atoms with van der Waals surface area (Å²) in [7, 11) is 0. The zero-order chi connectivity index (χ0) is 27.4. The number of nitrogens with one attached hydrogen (secondary N) is 3. The second-order valence-corrected chi connectivity index (χ2v) is 9.96. The number of benzene rings is 3. The molecule has 0 saturated heterocycles. The van der Waals surface area contributed by atoms with Crippen molar-refractivity contribution in [2.45, 2.75) is 20.5 Å². The standard InChI is InChI=1S/C29H25IN6O3/c1-18-7-9-21(10-8-18)36-28(16-26(30)35-36)34-29(38)33-24-11-12-25(23-6-4-3-5-22(23)24)39-17-20-13-14-31-27(15-20)32-19(2)37/h3-16H,17H2,1-2H3,(H,31,32,37)(H2,33,34,38). The highest BCUT2D eigenvalue weighted by Gasteiger charge is 2.14. The minimum atomic E-state index is -0.388. The summed E-state index contributed by atoms with van der Waals surface area (Å²) >= 11 is 2.12. The monoisotopic (exact) mass is 632 g/mol. The fraction of sp³-hybridized carbons (Fsp3) is 0.103. The summed E-state index contributed by atoms with van der Waals surface area (Å²) in [6, 6.07) is 24.3. The summed E-state index contributed by atoms with van der Waals surface area (Å²) in [5.74, 6) is 1.51. The Morgan fingerprint density at radius 3 is 2.46 bits per heavy atom. The Kier molecular flexibility index (Phi) is 7.73. The molecule has 0 aliphatic carbocycles. The van der Waals surface area contributed by atoms with E-state index in [0.29, 0.717) is 23.1 Å². The maximum Gasteiger partial charge on any atom is 0.324 e. The maximum atomic E-state index is 13.0. The zero-order valence-electron chi connectivity index (χ0n) is 21.2. The molecule has 3 aromatic carbocycles. The van der Waals surface area contributed by atoms with E-state index in [-0.39, 0.29) is 18.5 Å². The fourth-order valence-electron chi connectivity index (χ4n) is 4.07. The average molecular weight is 632 g/mol. The van der Waals surface area contributed by atoms with E-state index in [9.17, 15) is 9.59 Å². The van der Waals surface area contributed by atoms with E-state index >= 15 is 0 Å². The average Bonchev–Trinajstić information content (AvgIpc) is 3.28. The van der Waals surface area contributed by atoms with Crippen LogP contribution in [-0.2, 0) is 11.4 Å². The summed E-state index contributed by atoms with van der Waals surface area (Å²) in [6.45, 7) is 3.74. The number of rotatable bonds is 7. The summed E-state index contributed by atoms with van der Waals surface area (Å²) < 4.78 is 8.57. The molecular weight excluding hydrogens is 607 g/mol. The highest BCUT2D eigenvalue weighted by Crippen LogP contribution is 2.32. The Balaban J connectivity index is 1.33. The lowest BCUT2D eigenvalue weighted by atomic mass is 10.1. The van der Waals surface area contributed by atoms with Gasteiger partial charge in [0.25, 0.3) is 0 Å². The van der Waals surface area contributed by atoms with Gasteiger partial charge in [0.15, 0.2) is 0 Å². The third-order valence-corrected chi connectivity index (χ3v) is 6.38. The van der Waals surface area contributed by atoms with Crippen LogP contribution in [0.4, 0.5) is 22.1 Å². The Bertz CT molecular complexity index is 1670. The number of hydrogen-bond acceptors (Lipinski definition) is 5. The first kappa shape index (κ1) is 26.2. The summed E-state index contributed by atoms with van der Waals surface area (Å²) in [5, 5.41) is 14.8. The number of aryl methyl sites for hydroxylation is 1. The topological polar surface area (TPSA) is 110 Å². The number of aromatic nitrogens is 3. The van der Waals surface area contributed by atoms with Gasteiger partial charge in [-0.05, 0) is 71.5 Å². The molecule has 5 rings (SSSR count). The molecule has 9 nitrogen and oxygen atoms in total. The molecule has 0 aliphatic heterocycles. The van der Waals surface area contributed by atoms with Crippen molar-refractivity contribution >= 4 is 62.6 Å². The molecule has 0 fully saturated rings. The Morgan fingerprint density at radius 1 is 0.923 bits per heavy atom. The van der Waals surface area contributed by atoms with Crippen LogP contribution in [0, 0.1) is 10.6 Å². The van der Waals surface area contributed by atoms with Crippen LogP contribution in [0.3, 0.4) is 0 Å². The second kappa shape index (κ2) is 11.5. The fourth-order valence-corrected chi connectivity index (χ4v) is 4.58. The van der Waals surface area contributed by atoms with Gasteiger partial charge in [0.1, 0.15) is 27.7 Å². The predicted octanol–water partition coefficient (Wildman–Crippen LogP) is 6.51. The lowest BCUT2D eigenvalue weighted by Crippen LogP contribution is -2.21. The minimum Gasteiger partial charge on any atom is -0.488 e. The molecule has 2 aromatic heterocycles. The lowest BCUT2D eigenvalue weighted by molar-refractivity contribution is -0.114. The number of fused-ring (bicyclic) bond motifs is 1. The van der Waals surface area contributed by atoms with Gasteiger partial charge in [-0.25, -0.2) is 14.5 Å². The van der Waals surface area contributed by atoms with Crippen LogP contribution in [0.15, 0.2) is 85.1 Å². The van der Waals surface area contributed by atoms with Gasteiger partial charge in [-0.3, -0.25) is 10.1 Å². The van der Waals surface area contributed by atoms with Gasteiger partial charge in [0, 0.05) is 30.0 Å². The van der Waals surface area contributed by atoms with E-state index in [1.807, 2.05) is 79.7 Å². The van der Waals surface area contributed by atoms with Crippen molar-refractivity contribution in [1.29, 1.82) is 0 Å². The first-order chi connectivity index (χ1) is 18.9. The van der Waals surface area contributed by atoms with E-state index in [2.05, 4.69) is 48.6 Å². The molecule has 196 valence electrons. The summed E-state index contributed by atoms with van der Waals surface area (Å²) in [4.78, 5) is 28.5. The molecule has 3 amide bonds. The first-order valence-electron chi connectivity index (χ1n) is 12.1. The van der Waals surface area contributed by atoms with Crippen molar-refractivity contribution in [3.05, 3.63) is 99.9 Å². The molecule has 5 aromatic rings. The number of carbonyl (C=O) groups excluding carboxylic acids is 2. The third-order valence-electron chi connectivity index (χ3n) is 5.85. The highest BCUT2D eigenvalue weighted by molar-refractivity contribution is 14.1. The number of amides is 3. The minimum absolute atomic E-state index is 0.187. The zero-order valence-corrected chi connectivity index (χ0v) is 23.4. The summed E-state index contributed by atoms with van der Waals surface area (Å²) in [6.07, 6.45) is 1.62. The first-order valence-corrected chi connectivity index (χ1v) is 13.2. The van der Waals surface area contributed by atoms with E-state index in [1.165, 1.54) is 6.92 Å². The molecule has 0 atom stereocenters. The van der Waals surface area contributed by atoms with Crippen molar-refractivity contribution in [3.63, 3.8) is 0 Å². The second-order valence-electron chi connectivity index (χ2n) is 8.85. The number of hydrogen-bond donors (Lipinski definition) is 3. The summed E-state index contributed by atoms with van der Waals surface area (Å²) in [5.41, 5.74) is 3.49. The molecule has 0 aliphatic rings. The molecule has 0 spiro atoms. The molecule has 0 unspecified atom stereocenters. The van der Waals surface area contributed by atoms with Gasteiger partial charge < -0.3 is 15.4 Å². The van der Waals surface area contributed by atoms with Gasteiger partial charge in [0.05, 0.1) is 11.4 Å². The Labute approximate surface area is 238 Å². The van der Waals surface area contributed by atoms with E-state index in [0.717, 1.165) is 31.3 Å². The largest absolute Gasteiger partial charge is 0.488 e. The van der Waals surface area contributed by atoms with Crippen LogP contribution in [-0.4, -0.2) is 26.7 Å². The molecule has 2 heterocycles. The van der Waals surface area contributed by atoms with Crippen LogP contribution < -0.4 is 20.7 Å². The third kappa shape index (κ3) is 6.34. The van der Waals surface area contributed by atoms with Crippen molar-refractivity contribution in [2.75, 3.05) is 16.0 Å². The predicted molar refractivity (Wildman–Crippen MR) is 160 cm³/mol. The Hall–Kier alpha value is -4.45. The molecular formula is C29H25IN6O3. The van der Waals surface area contributed by atoms with Crippen LogP contribution in [0.25, 0.3) is 16.5 Å². The van der Waals surface area contributed by atoms with Crippen LogP contribution in [0.1, 0.15) is 18.1 Å². The highest BCUT2D eigenvalue weighted by atomic mass is 127. The number of halogens is 1. The van der Waals surface area contributed by atoms with Crippen molar-refractivity contribution in [2.24, 2.45) is 0 Å². The molecule has 0 radical (unpaired) electrons. The van der Waals surface area contributed by atoms with Crippen molar-refractivity contribution < 1.29 is 14.3 Å². The smallest absolute Gasteiger partial charge is 0.324 e. The number of pyridine rings is 1. The van der Waals surface area contributed by atoms with E-state index in [1.54, 1.807) is 16.9 Å². The van der Waals surface area contributed by atoms with Crippen molar-refractivity contribution in [1.82, 2.24) is 14.8 Å². The molecule has 0 bridgehead atoms. The molecule has 39 heavy (non-hydrogen) atoms. The molecule has 10 heteroatoms. The Morgan fingerprint density at radius 2 is 1.69 bits per heavy atom. The molecule has 0 saturated carbocycles. The van der Waals surface area contributed by atoms with Crippen LogP contribution >= 0.6 is 22.6 Å². The van der Waals surface area contributed by atoms with E-state index < -0.39 is 0 Å². The lowest BCUT2D eigenvalue weighted by Gasteiger charge is -2.15. The number of urea groups is 1. The van der Waals surface area contributed by atoms with Gasteiger partial charge in [-0.15, -0.1) is 0 Å². The van der Waals surface area contributed by atoms with Crippen LogP contribution in [0.5, 0.6) is 5.75 Å². The normalized spacial score (nSPS) is 10.7. The van der Waals surface area contributed by atoms with Gasteiger partial charge in [-0.1, -0.05) is 42.0 Å².